The Bertz CT molecular complexity index is 1510. The van der Waals surface area contributed by atoms with Crippen molar-refractivity contribution in [3.63, 3.8) is 0 Å². The number of fused-ring (bicyclic) bond motifs is 1. The molecule has 1 aliphatic rings. The van der Waals surface area contributed by atoms with Gasteiger partial charge in [0, 0.05) is 16.1 Å². The Morgan fingerprint density at radius 1 is 1.17 bits per heavy atom. The number of rotatable bonds is 5. The van der Waals surface area contributed by atoms with E-state index in [0.717, 1.165) is 27.8 Å². The maximum atomic E-state index is 9.78. The van der Waals surface area contributed by atoms with Crippen molar-refractivity contribution in [1.29, 1.82) is 10.5 Å². The molecular formula is C27H20BrClN4O2. The third-order valence-electron chi connectivity index (χ3n) is 5.88. The molecule has 1 aliphatic carbocycles. The third-order valence-corrected chi connectivity index (χ3v) is 6.83. The summed E-state index contributed by atoms with van der Waals surface area (Å²) in [5.74, 6) is 1.20. The Hall–Kier alpha value is -3.78. The van der Waals surface area contributed by atoms with E-state index in [0.29, 0.717) is 43.4 Å². The van der Waals surface area contributed by atoms with E-state index in [2.05, 4.69) is 33.1 Å². The number of pyridine rings is 1. The van der Waals surface area contributed by atoms with Crippen LogP contribution in [-0.4, -0.2) is 12.1 Å². The number of aromatic nitrogens is 1. The van der Waals surface area contributed by atoms with Gasteiger partial charge in [-0.2, -0.15) is 10.5 Å². The van der Waals surface area contributed by atoms with Crippen molar-refractivity contribution in [3.05, 3.63) is 85.0 Å². The highest BCUT2D eigenvalue weighted by atomic mass is 79.9. The number of ether oxygens (including phenoxy) is 2. The molecule has 174 valence electrons. The van der Waals surface area contributed by atoms with Gasteiger partial charge in [0.1, 0.15) is 24.6 Å². The number of nitriles is 2. The molecule has 0 radical (unpaired) electrons. The lowest BCUT2D eigenvalue weighted by Crippen LogP contribution is -2.03. The molecule has 35 heavy (non-hydrogen) atoms. The van der Waals surface area contributed by atoms with Crippen molar-refractivity contribution in [2.24, 2.45) is 0 Å². The topological polar surface area (TPSA) is 105 Å². The van der Waals surface area contributed by atoms with Gasteiger partial charge in [-0.15, -0.1) is 0 Å². The molecule has 0 saturated heterocycles. The van der Waals surface area contributed by atoms with Crippen LogP contribution in [0.15, 0.2) is 46.4 Å². The predicted octanol–water partition coefficient (Wildman–Crippen LogP) is 6.70. The molecule has 2 N–H and O–H groups in total. The number of hydrogen-bond acceptors (Lipinski definition) is 6. The highest BCUT2D eigenvalue weighted by Gasteiger charge is 2.29. The number of allylic oxidation sites excluding steroid dienone is 3. The van der Waals surface area contributed by atoms with Crippen molar-refractivity contribution in [2.75, 3.05) is 12.8 Å². The van der Waals surface area contributed by atoms with Crippen LogP contribution in [0.5, 0.6) is 11.5 Å². The van der Waals surface area contributed by atoms with E-state index >= 15 is 0 Å². The van der Waals surface area contributed by atoms with Gasteiger partial charge in [-0.1, -0.05) is 29.8 Å². The summed E-state index contributed by atoms with van der Waals surface area (Å²) in [5, 5.41) is 20.0. The van der Waals surface area contributed by atoms with Gasteiger partial charge >= 0.3 is 0 Å². The molecule has 3 aromatic rings. The van der Waals surface area contributed by atoms with Crippen molar-refractivity contribution < 1.29 is 9.47 Å². The molecule has 0 amide bonds. The van der Waals surface area contributed by atoms with Crippen LogP contribution in [0.25, 0.3) is 17.2 Å². The van der Waals surface area contributed by atoms with Crippen molar-refractivity contribution >= 4 is 50.6 Å². The summed E-state index contributed by atoms with van der Waals surface area (Å²) >= 11 is 9.85. The van der Waals surface area contributed by atoms with Crippen molar-refractivity contribution in [2.45, 2.75) is 20.5 Å². The Balaban J connectivity index is 1.79. The summed E-state index contributed by atoms with van der Waals surface area (Å²) in [4.78, 5) is 4.37. The summed E-state index contributed by atoms with van der Waals surface area (Å²) in [5.41, 5.74) is 11.9. The molecule has 1 aromatic heterocycles. The lowest BCUT2D eigenvalue weighted by atomic mass is 9.95. The lowest BCUT2D eigenvalue weighted by Gasteiger charge is -2.15. The number of halogens is 2. The largest absolute Gasteiger partial charge is 0.493 e. The van der Waals surface area contributed by atoms with Gasteiger partial charge in [0.15, 0.2) is 11.5 Å². The first-order chi connectivity index (χ1) is 16.8. The van der Waals surface area contributed by atoms with E-state index in [9.17, 15) is 10.5 Å². The van der Waals surface area contributed by atoms with Crippen LogP contribution in [-0.2, 0) is 6.61 Å². The first-order valence-electron chi connectivity index (χ1n) is 10.6. The van der Waals surface area contributed by atoms with Gasteiger partial charge in [-0.25, -0.2) is 4.98 Å². The fourth-order valence-electron chi connectivity index (χ4n) is 4.09. The van der Waals surface area contributed by atoms with Crippen LogP contribution >= 0.6 is 27.5 Å². The number of hydrogen-bond donors (Lipinski definition) is 1. The maximum absolute atomic E-state index is 9.78. The zero-order valence-corrected chi connectivity index (χ0v) is 21.6. The smallest absolute Gasteiger partial charge is 0.175 e. The number of anilines is 1. The molecule has 0 atom stereocenters. The average molecular weight is 548 g/mol. The summed E-state index contributed by atoms with van der Waals surface area (Å²) in [6.45, 7) is 3.96. The van der Waals surface area contributed by atoms with Gasteiger partial charge in [-0.05, 0) is 76.3 Å². The highest BCUT2D eigenvalue weighted by molar-refractivity contribution is 9.10. The Labute approximate surface area is 217 Å². The van der Waals surface area contributed by atoms with Crippen LogP contribution in [0.3, 0.4) is 0 Å². The molecule has 0 saturated carbocycles. The van der Waals surface area contributed by atoms with E-state index in [4.69, 9.17) is 26.8 Å². The molecule has 0 unspecified atom stereocenters. The first kappa shape index (κ1) is 24.3. The molecule has 8 heteroatoms. The van der Waals surface area contributed by atoms with Gasteiger partial charge in [-0.3, -0.25) is 0 Å². The summed E-state index contributed by atoms with van der Waals surface area (Å²) in [6, 6.07) is 15.6. The number of nitrogens with two attached hydrogens (primary N) is 1. The van der Waals surface area contributed by atoms with Crippen LogP contribution in [0.1, 0.15) is 40.4 Å². The zero-order chi connectivity index (χ0) is 25.3. The molecule has 4 rings (SSSR count). The van der Waals surface area contributed by atoms with Crippen molar-refractivity contribution in [3.8, 4) is 23.6 Å². The Kier molecular flexibility index (Phi) is 6.84. The number of benzene rings is 2. The molecule has 6 nitrogen and oxygen atoms in total. The fourth-order valence-corrected chi connectivity index (χ4v) is 4.86. The molecule has 0 aliphatic heterocycles. The summed E-state index contributed by atoms with van der Waals surface area (Å²) in [6.07, 6.45) is 1.94. The highest BCUT2D eigenvalue weighted by Crippen LogP contribution is 2.45. The minimum Gasteiger partial charge on any atom is -0.493 e. The summed E-state index contributed by atoms with van der Waals surface area (Å²) in [7, 11) is 1.57. The van der Waals surface area contributed by atoms with E-state index in [1.165, 1.54) is 0 Å². The van der Waals surface area contributed by atoms with E-state index in [-0.39, 0.29) is 12.4 Å². The predicted molar refractivity (Wildman–Crippen MR) is 141 cm³/mol. The van der Waals surface area contributed by atoms with Crippen LogP contribution in [0.4, 0.5) is 5.82 Å². The third kappa shape index (κ3) is 4.37. The number of nitrogens with zero attached hydrogens (tertiary/aromatic N) is 3. The van der Waals surface area contributed by atoms with Gasteiger partial charge in [0.2, 0.25) is 0 Å². The van der Waals surface area contributed by atoms with E-state index < -0.39 is 0 Å². The minimum absolute atomic E-state index is 0.120. The van der Waals surface area contributed by atoms with Crippen LogP contribution < -0.4 is 15.2 Å². The lowest BCUT2D eigenvalue weighted by molar-refractivity contribution is 0.282. The van der Waals surface area contributed by atoms with Crippen LogP contribution in [0.2, 0.25) is 5.02 Å². The SMILES string of the molecule is COc1cc(/C=C2\C(C)=C(C#N)c3nc(N)c(C#N)c(C)c32)cc(Br)c1OCc1ccccc1Cl. The Morgan fingerprint density at radius 2 is 1.91 bits per heavy atom. The number of nitrogen functional groups attached to an aromatic ring is 1. The zero-order valence-electron chi connectivity index (χ0n) is 19.2. The fraction of sp³-hybridized carbons (Fsp3) is 0.148. The molecule has 0 bridgehead atoms. The normalized spacial score (nSPS) is 13.4. The summed E-state index contributed by atoms with van der Waals surface area (Å²) < 4.78 is 12.3. The quantitative estimate of drug-likeness (QED) is 0.381. The monoisotopic (exact) mass is 546 g/mol. The van der Waals surface area contributed by atoms with E-state index in [1.807, 2.05) is 56.3 Å². The second-order valence-corrected chi connectivity index (χ2v) is 9.18. The molecular weight excluding hydrogens is 528 g/mol. The average Bonchev–Trinajstić information content (AvgIpc) is 3.09. The maximum Gasteiger partial charge on any atom is 0.175 e. The van der Waals surface area contributed by atoms with Gasteiger partial charge in [0.25, 0.3) is 0 Å². The molecule has 0 fully saturated rings. The van der Waals surface area contributed by atoms with Crippen LogP contribution in [0, 0.1) is 29.6 Å². The number of methoxy groups -OCH3 is 1. The second kappa shape index (κ2) is 9.84. The standard InChI is InChI=1S/C27H20BrClN4O2/c1-14-18(24-15(2)20(12-31)27(32)33-25(24)19(14)11-30)8-16-9-21(28)26(23(10-16)34-3)35-13-17-6-4-5-7-22(17)29/h4-10H,13H2,1-3H3,(H2,32,33)/b18-8+. The molecule has 2 aromatic carbocycles. The van der Waals surface area contributed by atoms with Gasteiger partial charge in [0.05, 0.1) is 28.4 Å². The van der Waals surface area contributed by atoms with Gasteiger partial charge < -0.3 is 15.2 Å². The molecule has 1 heterocycles. The second-order valence-electron chi connectivity index (χ2n) is 7.92. The van der Waals surface area contributed by atoms with Crippen molar-refractivity contribution in [1.82, 2.24) is 4.98 Å². The van der Waals surface area contributed by atoms with E-state index in [1.54, 1.807) is 7.11 Å². The Morgan fingerprint density at radius 3 is 2.57 bits per heavy atom. The minimum atomic E-state index is 0.120. The first-order valence-corrected chi connectivity index (χ1v) is 11.8. The molecule has 0 spiro atoms.